The molecule has 8 aromatic carbocycles. The zero-order valence-electron chi connectivity index (χ0n) is 34.0. The number of aromatic nitrogens is 2. The van der Waals surface area contributed by atoms with E-state index in [0.717, 1.165) is 85.1 Å². The minimum Gasteiger partial charge on any atom is -0.456 e. The Morgan fingerprint density at radius 2 is 1.05 bits per heavy atom. The largest absolute Gasteiger partial charge is 0.456 e. The van der Waals surface area contributed by atoms with Crippen molar-refractivity contribution in [1.82, 2.24) is 9.55 Å². The summed E-state index contributed by atoms with van der Waals surface area (Å²) >= 11 is 0. The Morgan fingerprint density at radius 1 is 0.419 bits per heavy atom. The number of benzene rings is 8. The Bertz CT molecular complexity index is 3480. The normalized spacial score (nSPS) is 12.9. The molecule has 3 nitrogen and oxygen atoms in total. The summed E-state index contributed by atoms with van der Waals surface area (Å²) in [5, 5.41) is 4.52. The third-order valence-electron chi connectivity index (χ3n) is 12.5. The summed E-state index contributed by atoms with van der Waals surface area (Å²) in [6, 6.07) is 71.8. The van der Waals surface area contributed by atoms with E-state index >= 15 is 0 Å². The number of rotatable bonds is 7. The molecule has 0 spiro atoms. The standard InChI is InChI=1S/C59H40N2O/c1-5-16-39(17-6-1)42-22-15-23-43(30-42)48-35-51(47-32-45(40-18-7-2-8-19-40)31-46(33-47)41-20-9-3-10-21-41)59(60-38-48)44-28-29-57-53(34-44)54-36-56-52(37-58(54)62-57)50-26-13-14-27-55(50)61(56)49-24-11-4-12-25-49/h1-14,16-21,23-38H,15,22H2. The van der Waals surface area contributed by atoms with E-state index in [0.29, 0.717) is 0 Å². The fourth-order valence-electron chi connectivity index (χ4n) is 9.47. The van der Waals surface area contributed by atoms with E-state index in [2.05, 4.69) is 223 Å². The molecule has 0 amide bonds. The highest BCUT2D eigenvalue weighted by atomic mass is 16.3. The van der Waals surface area contributed by atoms with Crippen LogP contribution in [-0.2, 0) is 0 Å². The van der Waals surface area contributed by atoms with Crippen molar-refractivity contribution in [2.45, 2.75) is 12.8 Å². The lowest BCUT2D eigenvalue weighted by Crippen LogP contribution is -1.97. The highest BCUT2D eigenvalue weighted by Gasteiger charge is 2.20. The van der Waals surface area contributed by atoms with E-state index < -0.39 is 0 Å². The molecule has 0 saturated heterocycles. The summed E-state index contributed by atoms with van der Waals surface area (Å²) < 4.78 is 9.03. The summed E-state index contributed by atoms with van der Waals surface area (Å²) in [6.07, 6.45) is 8.78. The molecular weight excluding hydrogens is 753 g/mol. The first-order valence-electron chi connectivity index (χ1n) is 21.4. The number of allylic oxidation sites excluding steroid dienone is 4. The maximum atomic E-state index is 6.66. The molecule has 0 bridgehead atoms. The predicted molar refractivity (Wildman–Crippen MR) is 259 cm³/mol. The molecule has 0 radical (unpaired) electrons. The van der Waals surface area contributed by atoms with Crippen molar-refractivity contribution < 1.29 is 4.42 Å². The maximum Gasteiger partial charge on any atom is 0.136 e. The van der Waals surface area contributed by atoms with Crippen LogP contribution in [0.1, 0.15) is 24.0 Å². The molecule has 3 heterocycles. The lowest BCUT2D eigenvalue weighted by Gasteiger charge is -2.18. The summed E-state index contributed by atoms with van der Waals surface area (Å²) in [5.74, 6) is 0. The predicted octanol–water partition coefficient (Wildman–Crippen LogP) is 16.0. The molecule has 3 aromatic heterocycles. The molecule has 3 heteroatoms. The number of nitrogens with zero attached hydrogens (tertiary/aromatic N) is 2. The first-order valence-corrected chi connectivity index (χ1v) is 21.4. The Kier molecular flexibility index (Phi) is 8.64. The average molecular weight is 793 g/mol. The van der Waals surface area contributed by atoms with Crippen LogP contribution >= 0.6 is 0 Å². The van der Waals surface area contributed by atoms with Crippen LogP contribution in [0, 0.1) is 0 Å². The molecule has 0 N–H and O–H groups in total. The number of pyridine rings is 1. The van der Waals surface area contributed by atoms with Gasteiger partial charge in [-0.25, -0.2) is 0 Å². The molecule has 292 valence electrons. The third kappa shape index (κ3) is 6.26. The van der Waals surface area contributed by atoms with Gasteiger partial charge in [-0.3, -0.25) is 4.98 Å². The van der Waals surface area contributed by atoms with E-state index in [1.807, 2.05) is 0 Å². The Hall–Kier alpha value is -8.01. The van der Waals surface area contributed by atoms with Crippen LogP contribution in [0.15, 0.2) is 223 Å². The van der Waals surface area contributed by atoms with Gasteiger partial charge in [-0.05, 0) is 130 Å². The summed E-state index contributed by atoms with van der Waals surface area (Å²) in [4.78, 5) is 5.40. The summed E-state index contributed by atoms with van der Waals surface area (Å²) in [6.45, 7) is 0. The van der Waals surface area contributed by atoms with Gasteiger partial charge in [0, 0.05) is 50.1 Å². The molecule has 12 rings (SSSR count). The van der Waals surface area contributed by atoms with Crippen LogP contribution in [-0.4, -0.2) is 9.55 Å². The number of furan rings is 1. The van der Waals surface area contributed by atoms with Crippen molar-refractivity contribution in [2.24, 2.45) is 0 Å². The van der Waals surface area contributed by atoms with Crippen molar-refractivity contribution in [1.29, 1.82) is 0 Å². The second-order valence-electron chi connectivity index (χ2n) is 16.3. The van der Waals surface area contributed by atoms with Gasteiger partial charge in [0.1, 0.15) is 11.2 Å². The SMILES string of the molecule is C1=C(c2cnc(-c3ccc4oc5cc6c7ccccc7n(-c7ccccc7)c6cc5c4c3)c(-c3cc(-c4ccccc4)cc(-c4ccccc4)c3)c2)C=C(c2ccccc2)CC1. The Balaban J connectivity index is 1.08. The van der Waals surface area contributed by atoms with E-state index in [4.69, 9.17) is 9.40 Å². The van der Waals surface area contributed by atoms with Crippen molar-refractivity contribution in [3.05, 3.63) is 230 Å². The fourth-order valence-corrected chi connectivity index (χ4v) is 9.47. The second kappa shape index (κ2) is 14.9. The lowest BCUT2D eigenvalue weighted by atomic mass is 9.88. The van der Waals surface area contributed by atoms with Crippen LogP contribution in [0.4, 0.5) is 0 Å². The molecule has 0 aliphatic heterocycles. The van der Waals surface area contributed by atoms with Crippen molar-refractivity contribution in [2.75, 3.05) is 0 Å². The smallest absolute Gasteiger partial charge is 0.136 e. The zero-order chi connectivity index (χ0) is 41.0. The van der Waals surface area contributed by atoms with Gasteiger partial charge >= 0.3 is 0 Å². The van der Waals surface area contributed by atoms with E-state index in [9.17, 15) is 0 Å². The van der Waals surface area contributed by atoms with Crippen LogP contribution in [0.5, 0.6) is 0 Å². The van der Waals surface area contributed by atoms with E-state index in [1.165, 1.54) is 44.1 Å². The van der Waals surface area contributed by atoms with Gasteiger partial charge in [-0.15, -0.1) is 0 Å². The van der Waals surface area contributed by atoms with Crippen LogP contribution < -0.4 is 0 Å². The topological polar surface area (TPSA) is 31.0 Å². The van der Waals surface area contributed by atoms with Gasteiger partial charge in [-0.2, -0.15) is 0 Å². The highest BCUT2D eigenvalue weighted by molar-refractivity contribution is 6.17. The van der Waals surface area contributed by atoms with Gasteiger partial charge in [0.25, 0.3) is 0 Å². The van der Waals surface area contributed by atoms with Crippen molar-refractivity contribution in [3.63, 3.8) is 0 Å². The maximum absolute atomic E-state index is 6.66. The lowest BCUT2D eigenvalue weighted by molar-refractivity contribution is 0.669. The number of fused-ring (bicyclic) bond motifs is 6. The second-order valence-corrected chi connectivity index (χ2v) is 16.3. The molecule has 62 heavy (non-hydrogen) atoms. The van der Waals surface area contributed by atoms with Crippen LogP contribution in [0.2, 0.25) is 0 Å². The average Bonchev–Trinajstić information content (AvgIpc) is 3.88. The minimum absolute atomic E-state index is 0.855. The van der Waals surface area contributed by atoms with E-state index in [1.54, 1.807) is 0 Å². The number of hydrogen-bond acceptors (Lipinski definition) is 2. The molecule has 1 aliphatic carbocycles. The molecule has 0 saturated carbocycles. The van der Waals surface area contributed by atoms with Gasteiger partial charge in [0.2, 0.25) is 0 Å². The molecule has 0 unspecified atom stereocenters. The number of para-hydroxylation sites is 2. The van der Waals surface area contributed by atoms with E-state index in [-0.39, 0.29) is 0 Å². The van der Waals surface area contributed by atoms with Crippen LogP contribution in [0.25, 0.3) is 105 Å². The highest BCUT2D eigenvalue weighted by Crippen LogP contribution is 2.43. The van der Waals surface area contributed by atoms with Gasteiger partial charge in [0.05, 0.1) is 16.7 Å². The number of hydrogen-bond donors (Lipinski definition) is 0. The fraction of sp³-hybridized carbons (Fsp3) is 0.0339. The molecule has 1 aliphatic rings. The first kappa shape index (κ1) is 35.9. The molecule has 11 aromatic rings. The summed E-state index contributed by atoms with van der Waals surface area (Å²) in [7, 11) is 0. The molecular formula is C59H40N2O. The van der Waals surface area contributed by atoms with Crippen molar-refractivity contribution in [3.8, 4) is 50.3 Å². The zero-order valence-corrected chi connectivity index (χ0v) is 34.0. The summed E-state index contributed by atoms with van der Waals surface area (Å²) in [5.41, 5.74) is 18.9. The molecule has 0 fully saturated rings. The Labute approximate surface area is 360 Å². The van der Waals surface area contributed by atoms with Crippen molar-refractivity contribution >= 4 is 54.9 Å². The quantitative estimate of drug-likeness (QED) is 0.161. The van der Waals surface area contributed by atoms with Gasteiger partial charge < -0.3 is 8.98 Å². The minimum atomic E-state index is 0.855. The van der Waals surface area contributed by atoms with Crippen LogP contribution in [0.3, 0.4) is 0 Å². The molecule has 0 atom stereocenters. The monoisotopic (exact) mass is 792 g/mol. The first-order chi connectivity index (χ1) is 30.7. The van der Waals surface area contributed by atoms with Gasteiger partial charge in [0.15, 0.2) is 0 Å². The third-order valence-corrected chi connectivity index (χ3v) is 12.5. The van der Waals surface area contributed by atoms with Gasteiger partial charge in [-0.1, -0.05) is 140 Å². The Morgan fingerprint density at radius 3 is 1.77 bits per heavy atom.